The van der Waals surface area contributed by atoms with Crippen LogP contribution in [0.15, 0.2) is 24.3 Å². The molecule has 0 radical (unpaired) electrons. The molecule has 1 aromatic carbocycles. The van der Waals surface area contributed by atoms with Gasteiger partial charge in [-0.05, 0) is 31.5 Å². The van der Waals surface area contributed by atoms with Crippen LogP contribution < -0.4 is 10.6 Å². The number of ether oxygens (including phenoxy) is 1. The van der Waals surface area contributed by atoms with Crippen LogP contribution in [0.25, 0.3) is 0 Å². The Morgan fingerprint density at radius 3 is 2.60 bits per heavy atom. The fourth-order valence-electron chi connectivity index (χ4n) is 2.59. The summed E-state index contributed by atoms with van der Waals surface area (Å²) in [5.41, 5.74) is 3.32. The van der Waals surface area contributed by atoms with E-state index in [1.807, 2.05) is 42.8 Å². The van der Waals surface area contributed by atoms with Gasteiger partial charge in [0.15, 0.2) is 0 Å². The number of hydrogen-bond acceptors (Lipinski definition) is 4. The Kier molecular flexibility index (Phi) is 7.43. The lowest BCUT2D eigenvalue weighted by atomic mass is 10.1. The first-order chi connectivity index (χ1) is 12.0. The first-order valence-electron chi connectivity index (χ1n) is 8.29. The Balaban J connectivity index is 1.96. The van der Waals surface area contributed by atoms with Crippen LogP contribution in [0, 0.1) is 13.8 Å². The first kappa shape index (κ1) is 19.4. The van der Waals surface area contributed by atoms with Crippen molar-refractivity contribution in [1.29, 1.82) is 0 Å². The van der Waals surface area contributed by atoms with Crippen molar-refractivity contribution in [3.8, 4) is 0 Å². The molecule has 1 amide bonds. The van der Waals surface area contributed by atoms with Gasteiger partial charge in [0.2, 0.25) is 0 Å². The lowest BCUT2D eigenvalue weighted by Crippen LogP contribution is -2.33. The Morgan fingerprint density at radius 2 is 1.92 bits per heavy atom. The third-order valence-electron chi connectivity index (χ3n) is 3.92. The van der Waals surface area contributed by atoms with Crippen molar-refractivity contribution in [1.82, 2.24) is 20.4 Å². The number of carbonyl (C=O) groups excluding carboxylic acids is 1. The maximum absolute atomic E-state index is 12.5. The Morgan fingerprint density at radius 1 is 1.20 bits per heavy atom. The zero-order valence-electron chi connectivity index (χ0n) is 14.9. The summed E-state index contributed by atoms with van der Waals surface area (Å²) in [6.45, 7) is 7.07. The summed E-state index contributed by atoms with van der Waals surface area (Å²) in [4.78, 5) is 12.5. The highest BCUT2D eigenvalue weighted by atomic mass is 35.5. The summed E-state index contributed by atoms with van der Waals surface area (Å²) < 4.78 is 6.81. The normalized spacial score (nSPS) is 10.9. The maximum atomic E-state index is 12.5. The van der Waals surface area contributed by atoms with Gasteiger partial charge in [-0.15, -0.1) is 0 Å². The molecule has 7 heteroatoms. The molecular weight excluding hydrogens is 340 g/mol. The standard InChI is InChI=1S/C18H25ClN4O2/c1-13-17(18(24)21-9-8-20-10-11-25-3)14(2)23(22-13)12-15-4-6-16(19)7-5-15/h4-7,20H,8-12H2,1-3H3,(H,21,24). The van der Waals surface area contributed by atoms with E-state index in [0.717, 1.165) is 23.5 Å². The topological polar surface area (TPSA) is 68.2 Å². The number of aromatic nitrogens is 2. The molecular formula is C18H25ClN4O2. The van der Waals surface area contributed by atoms with E-state index >= 15 is 0 Å². The first-order valence-corrected chi connectivity index (χ1v) is 8.67. The predicted octanol–water partition coefficient (Wildman–Crippen LogP) is 2.17. The van der Waals surface area contributed by atoms with E-state index in [1.54, 1.807) is 7.11 Å². The molecule has 0 unspecified atom stereocenters. The van der Waals surface area contributed by atoms with Gasteiger partial charge in [0.05, 0.1) is 24.4 Å². The van der Waals surface area contributed by atoms with E-state index in [4.69, 9.17) is 16.3 Å². The molecule has 1 aromatic heterocycles. The van der Waals surface area contributed by atoms with Gasteiger partial charge in [0, 0.05) is 37.5 Å². The number of nitrogens with zero attached hydrogens (tertiary/aromatic N) is 2. The molecule has 0 saturated heterocycles. The van der Waals surface area contributed by atoms with Gasteiger partial charge in [-0.2, -0.15) is 5.10 Å². The summed E-state index contributed by atoms with van der Waals surface area (Å²) in [6, 6.07) is 7.63. The van der Waals surface area contributed by atoms with Crippen LogP contribution in [0.5, 0.6) is 0 Å². The van der Waals surface area contributed by atoms with E-state index in [0.29, 0.717) is 36.8 Å². The number of benzene rings is 1. The second-order valence-electron chi connectivity index (χ2n) is 5.83. The molecule has 0 spiro atoms. The molecule has 25 heavy (non-hydrogen) atoms. The molecule has 0 aliphatic carbocycles. The van der Waals surface area contributed by atoms with E-state index in [-0.39, 0.29) is 5.91 Å². The number of amides is 1. The van der Waals surface area contributed by atoms with E-state index in [9.17, 15) is 4.79 Å². The minimum Gasteiger partial charge on any atom is -0.383 e. The fraction of sp³-hybridized carbons (Fsp3) is 0.444. The zero-order valence-corrected chi connectivity index (χ0v) is 15.7. The van der Waals surface area contributed by atoms with Gasteiger partial charge >= 0.3 is 0 Å². The minimum atomic E-state index is -0.0918. The van der Waals surface area contributed by atoms with Gasteiger partial charge in [0.25, 0.3) is 5.91 Å². The van der Waals surface area contributed by atoms with Crippen molar-refractivity contribution in [3.05, 3.63) is 51.8 Å². The molecule has 0 aliphatic rings. The lowest BCUT2D eigenvalue weighted by molar-refractivity contribution is 0.0952. The summed E-state index contributed by atoms with van der Waals surface area (Å²) >= 11 is 5.92. The van der Waals surface area contributed by atoms with Crippen molar-refractivity contribution in [2.45, 2.75) is 20.4 Å². The van der Waals surface area contributed by atoms with Crippen molar-refractivity contribution >= 4 is 17.5 Å². The highest BCUT2D eigenvalue weighted by Gasteiger charge is 2.18. The van der Waals surface area contributed by atoms with Crippen molar-refractivity contribution in [2.24, 2.45) is 0 Å². The molecule has 2 rings (SSSR count). The van der Waals surface area contributed by atoms with Gasteiger partial charge in [0.1, 0.15) is 0 Å². The van der Waals surface area contributed by atoms with Gasteiger partial charge in [-0.1, -0.05) is 23.7 Å². The number of halogens is 1. The summed E-state index contributed by atoms with van der Waals surface area (Å²) in [7, 11) is 1.66. The van der Waals surface area contributed by atoms with Crippen LogP contribution in [0.2, 0.25) is 5.02 Å². The average molecular weight is 365 g/mol. The van der Waals surface area contributed by atoms with Crippen molar-refractivity contribution < 1.29 is 9.53 Å². The lowest BCUT2D eigenvalue weighted by Gasteiger charge is -2.08. The Labute approximate surface area is 153 Å². The molecule has 0 atom stereocenters. The molecule has 0 fully saturated rings. The largest absolute Gasteiger partial charge is 0.383 e. The van der Waals surface area contributed by atoms with Crippen molar-refractivity contribution in [2.75, 3.05) is 33.4 Å². The second kappa shape index (κ2) is 9.56. The number of carbonyl (C=O) groups is 1. The Hall–Kier alpha value is -1.89. The number of aryl methyl sites for hydroxylation is 1. The molecule has 1 heterocycles. The quantitative estimate of drug-likeness (QED) is 0.669. The molecule has 0 aliphatic heterocycles. The van der Waals surface area contributed by atoms with E-state index < -0.39 is 0 Å². The number of nitrogens with one attached hydrogen (secondary N) is 2. The van der Waals surface area contributed by atoms with Gasteiger partial charge in [-0.3, -0.25) is 9.48 Å². The third-order valence-corrected chi connectivity index (χ3v) is 4.18. The maximum Gasteiger partial charge on any atom is 0.255 e. The smallest absolute Gasteiger partial charge is 0.255 e. The van der Waals surface area contributed by atoms with Crippen LogP contribution in [0.4, 0.5) is 0 Å². The van der Waals surface area contributed by atoms with Gasteiger partial charge in [-0.25, -0.2) is 0 Å². The summed E-state index contributed by atoms with van der Waals surface area (Å²) in [5, 5.41) is 11.3. The minimum absolute atomic E-state index is 0.0918. The summed E-state index contributed by atoms with van der Waals surface area (Å²) in [6.07, 6.45) is 0. The number of hydrogen-bond donors (Lipinski definition) is 2. The molecule has 2 aromatic rings. The number of methoxy groups -OCH3 is 1. The monoisotopic (exact) mass is 364 g/mol. The van der Waals surface area contributed by atoms with Crippen LogP contribution >= 0.6 is 11.6 Å². The van der Waals surface area contributed by atoms with E-state index in [1.165, 1.54) is 0 Å². The van der Waals surface area contributed by atoms with Crippen LogP contribution in [0.1, 0.15) is 27.3 Å². The fourth-order valence-corrected chi connectivity index (χ4v) is 2.72. The van der Waals surface area contributed by atoms with Crippen LogP contribution in [0.3, 0.4) is 0 Å². The van der Waals surface area contributed by atoms with Crippen LogP contribution in [-0.4, -0.2) is 49.0 Å². The van der Waals surface area contributed by atoms with E-state index in [2.05, 4.69) is 15.7 Å². The predicted molar refractivity (Wildman–Crippen MR) is 99.3 cm³/mol. The zero-order chi connectivity index (χ0) is 18.2. The van der Waals surface area contributed by atoms with Gasteiger partial charge < -0.3 is 15.4 Å². The third kappa shape index (κ3) is 5.56. The highest BCUT2D eigenvalue weighted by molar-refractivity contribution is 6.30. The average Bonchev–Trinajstić information content (AvgIpc) is 2.86. The molecule has 6 nitrogen and oxygen atoms in total. The SMILES string of the molecule is COCCNCCNC(=O)c1c(C)nn(Cc2ccc(Cl)cc2)c1C. The molecule has 0 bridgehead atoms. The highest BCUT2D eigenvalue weighted by Crippen LogP contribution is 2.16. The second-order valence-corrected chi connectivity index (χ2v) is 6.27. The molecule has 136 valence electrons. The molecule has 0 saturated carbocycles. The van der Waals surface area contributed by atoms with Crippen molar-refractivity contribution in [3.63, 3.8) is 0 Å². The van der Waals surface area contributed by atoms with Crippen LogP contribution in [-0.2, 0) is 11.3 Å². The Bertz CT molecular complexity index is 698. The number of rotatable bonds is 9. The molecule has 2 N–H and O–H groups in total. The summed E-state index contributed by atoms with van der Waals surface area (Å²) in [5.74, 6) is -0.0918.